The second-order valence-electron chi connectivity index (χ2n) is 4.25. The third-order valence-electron chi connectivity index (χ3n) is 2.90. The Balaban J connectivity index is 2.25. The Morgan fingerprint density at radius 1 is 1.16 bits per heavy atom. The van der Waals surface area contributed by atoms with Crippen LogP contribution < -0.4 is 10.6 Å². The first kappa shape index (κ1) is 13.4. The molecule has 0 saturated carbocycles. The summed E-state index contributed by atoms with van der Waals surface area (Å²) in [7, 11) is 1.69. The number of hydrogen-bond donors (Lipinski definition) is 1. The molecule has 100 valence electrons. The number of pyridine rings is 1. The summed E-state index contributed by atoms with van der Waals surface area (Å²) >= 11 is 0. The zero-order valence-corrected chi connectivity index (χ0v) is 10.6. The zero-order chi connectivity index (χ0) is 13.8. The summed E-state index contributed by atoms with van der Waals surface area (Å²) in [5.74, 6) is -1.76. The fourth-order valence-electron chi connectivity index (χ4n) is 1.85. The van der Waals surface area contributed by atoms with E-state index >= 15 is 0 Å². The predicted octanol–water partition coefficient (Wildman–Crippen LogP) is 2.45. The molecule has 0 aliphatic rings. The third kappa shape index (κ3) is 2.88. The Hall–Kier alpha value is -2.01. The lowest BCUT2D eigenvalue weighted by Crippen LogP contribution is -2.19. The molecule has 0 saturated heterocycles. The van der Waals surface area contributed by atoms with Crippen LogP contribution in [-0.2, 0) is 13.1 Å². The monoisotopic (exact) mass is 263 g/mol. The molecule has 0 radical (unpaired) electrons. The van der Waals surface area contributed by atoms with Crippen LogP contribution in [0.25, 0.3) is 0 Å². The zero-order valence-electron chi connectivity index (χ0n) is 10.6. The van der Waals surface area contributed by atoms with Crippen molar-refractivity contribution in [1.82, 2.24) is 4.98 Å². The predicted molar refractivity (Wildman–Crippen MR) is 70.6 cm³/mol. The summed E-state index contributed by atoms with van der Waals surface area (Å²) < 4.78 is 27.6. The topological polar surface area (TPSA) is 42.2 Å². The van der Waals surface area contributed by atoms with E-state index in [1.54, 1.807) is 24.2 Å². The normalized spacial score (nSPS) is 10.5. The van der Waals surface area contributed by atoms with E-state index in [-0.39, 0.29) is 17.8 Å². The van der Waals surface area contributed by atoms with Crippen LogP contribution in [0.4, 0.5) is 14.5 Å². The van der Waals surface area contributed by atoms with Crippen molar-refractivity contribution in [1.29, 1.82) is 0 Å². The molecule has 19 heavy (non-hydrogen) atoms. The number of nitrogens with zero attached hydrogens (tertiary/aromatic N) is 2. The van der Waals surface area contributed by atoms with Crippen LogP contribution in [0.3, 0.4) is 0 Å². The molecule has 0 amide bonds. The number of aromatic nitrogens is 1. The van der Waals surface area contributed by atoms with Crippen molar-refractivity contribution in [2.24, 2.45) is 5.73 Å². The summed E-state index contributed by atoms with van der Waals surface area (Å²) in [5.41, 5.74) is 6.49. The molecule has 5 heteroatoms. The van der Waals surface area contributed by atoms with Crippen molar-refractivity contribution in [2.75, 3.05) is 11.9 Å². The van der Waals surface area contributed by atoms with Crippen LogP contribution in [0, 0.1) is 11.6 Å². The molecular weight excluding hydrogens is 248 g/mol. The van der Waals surface area contributed by atoms with Gasteiger partial charge in [-0.3, -0.25) is 4.98 Å². The molecule has 1 aromatic carbocycles. The van der Waals surface area contributed by atoms with Gasteiger partial charge >= 0.3 is 0 Å². The highest BCUT2D eigenvalue weighted by molar-refractivity contribution is 5.49. The van der Waals surface area contributed by atoms with Gasteiger partial charge in [-0.2, -0.15) is 0 Å². The summed E-state index contributed by atoms with van der Waals surface area (Å²) in [6, 6.07) is 8.52. The van der Waals surface area contributed by atoms with Gasteiger partial charge in [0.25, 0.3) is 0 Å². The molecule has 2 N–H and O–H groups in total. The van der Waals surface area contributed by atoms with E-state index in [1.807, 2.05) is 12.1 Å². The Morgan fingerprint density at radius 2 is 1.95 bits per heavy atom. The average molecular weight is 263 g/mol. The summed E-state index contributed by atoms with van der Waals surface area (Å²) in [6.07, 6.45) is 1.66. The molecule has 1 aromatic heterocycles. The lowest BCUT2D eigenvalue weighted by molar-refractivity contribution is 0.498. The van der Waals surface area contributed by atoms with Crippen molar-refractivity contribution in [3.8, 4) is 0 Å². The maximum absolute atomic E-state index is 13.9. The molecule has 2 rings (SSSR count). The van der Waals surface area contributed by atoms with E-state index in [0.717, 1.165) is 5.69 Å². The van der Waals surface area contributed by atoms with Gasteiger partial charge in [0, 0.05) is 25.4 Å². The maximum Gasteiger partial charge on any atom is 0.182 e. The standard InChI is InChI=1S/C14H15F2N3/c1-19(9-11-4-2-3-7-18-11)12-6-5-10(8-17)13(15)14(12)16/h2-7H,8-9,17H2,1H3. The molecule has 0 bridgehead atoms. The number of anilines is 1. The summed E-state index contributed by atoms with van der Waals surface area (Å²) in [4.78, 5) is 5.76. The smallest absolute Gasteiger partial charge is 0.182 e. The quantitative estimate of drug-likeness (QED) is 0.921. The second kappa shape index (κ2) is 5.75. The van der Waals surface area contributed by atoms with E-state index in [2.05, 4.69) is 4.98 Å². The van der Waals surface area contributed by atoms with Gasteiger partial charge in [-0.05, 0) is 18.2 Å². The summed E-state index contributed by atoms with van der Waals surface area (Å²) in [5, 5.41) is 0. The Bertz CT molecular complexity index is 558. The van der Waals surface area contributed by atoms with Gasteiger partial charge in [0.05, 0.1) is 17.9 Å². The molecule has 0 atom stereocenters. The number of nitrogens with two attached hydrogens (primary N) is 1. The minimum absolute atomic E-state index is 0.0208. The van der Waals surface area contributed by atoms with E-state index in [4.69, 9.17) is 5.73 Å². The summed E-state index contributed by atoms with van der Waals surface area (Å²) in [6.45, 7) is 0.381. The first-order valence-electron chi connectivity index (χ1n) is 5.91. The Kier molecular flexibility index (Phi) is 4.06. The van der Waals surface area contributed by atoms with Crippen LogP contribution in [0.5, 0.6) is 0 Å². The van der Waals surface area contributed by atoms with Gasteiger partial charge < -0.3 is 10.6 Å². The van der Waals surface area contributed by atoms with Crippen LogP contribution in [0.2, 0.25) is 0 Å². The lowest BCUT2D eigenvalue weighted by atomic mass is 10.1. The van der Waals surface area contributed by atoms with Gasteiger partial charge in [-0.1, -0.05) is 12.1 Å². The lowest BCUT2D eigenvalue weighted by Gasteiger charge is -2.20. The molecule has 0 aliphatic carbocycles. The number of halogens is 2. The molecule has 0 unspecified atom stereocenters. The SMILES string of the molecule is CN(Cc1ccccn1)c1ccc(CN)c(F)c1F. The van der Waals surface area contributed by atoms with E-state index in [0.29, 0.717) is 6.54 Å². The minimum atomic E-state index is -0.882. The van der Waals surface area contributed by atoms with E-state index in [1.165, 1.54) is 12.1 Å². The van der Waals surface area contributed by atoms with Crippen molar-refractivity contribution >= 4 is 5.69 Å². The molecule has 0 spiro atoms. The van der Waals surface area contributed by atoms with Crippen molar-refractivity contribution in [3.63, 3.8) is 0 Å². The maximum atomic E-state index is 13.9. The number of benzene rings is 1. The van der Waals surface area contributed by atoms with Gasteiger partial charge in [0.15, 0.2) is 11.6 Å². The molecule has 3 nitrogen and oxygen atoms in total. The highest BCUT2D eigenvalue weighted by atomic mass is 19.2. The first-order chi connectivity index (χ1) is 9.13. The first-order valence-corrected chi connectivity index (χ1v) is 5.91. The van der Waals surface area contributed by atoms with Crippen LogP contribution >= 0.6 is 0 Å². The van der Waals surface area contributed by atoms with Gasteiger partial charge in [0.2, 0.25) is 0 Å². The van der Waals surface area contributed by atoms with Crippen molar-refractivity contribution in [2.45, 2.75) is 13.1 Å². The van der Waals surface area contributed by atoms with E-state index in [9.17, 15) is 8.78 Å². The largest absolute Gasteiger partial charge is 0.366 e. The average Bonchev–Trinajstić information content (AvgIpc) is 2.42. The van der Waals surface area contributed by atoms with Gasteiger partial charge in [0.1, 0.15) is 0 Å². The number of rotatable bonds is 4. The highest BCUT2D eigenvalue weighted by Crippen LogP contribution is 2.24. The van der Waals surface area contributed by atoms with Gasteiger partial charge in [-0.15, -0.1) is 0 Å². The number of hydrogen-bond acceptors (Lipinski definition) is 3. The van der Waals surface area contributed by atoms with Gasteiger partial charge in [-0.25, -0.2) is 8.78 Å². The molecule has 2 aromatic rings. The van der Waals surface area contributed by atoms with Crippen molar-refractivity contribution < 1.29 is 8.78 Å². The van der Waals surface area contributed by atoms with Crippen LogP contribution in [0.15, 0.2) is 36.5 Å². The Labute approximate surface area is 110 Å². The van der Waals surface area contributed by atoms with E-state index < -0.39 is 11.6 Å². The minimum Gasteiger partial charge on any atom is -0.366 e. The fourth-order valence-corrected chi connectivity index (χ4v) is 1.85. The van der Waals surface area contributed by atoms with Crippen LogP contribution in [0.1, 0.15) is 11.3 Å². The van der Waals surface area contributed by atoms with Crippen molar-refractivity contribution in [3.05, 3.63) is 59.4 Å². The fraction of sp³-hybridized carbons (Fsp3) is 0.214. The molecular formula is C14H15F2N3. The molecule has 1 heterocycles. The Morgan fingerprint density at radius 3 is 2.58 bits per heavy atom. The van der Waals surface area contributed by atoms with Crippen LogP contribution in [-0.4, -0.2) is 12.0 Å². The molecule has 0 aliphatic heterocycles. The highest BCUT2D eigenvalue weighted by Gasteiger charge is 2.15. The second-order valence-corrected chi connectivity index (χ2v) is 4.25. The molecule has 0 fully saturated rings. The third-order valence-corrected chi connectivity index (χ3v) is 2.90.